The minimum absolute atomic E-state index is 0.141. The summed E-state index contributed by atoms with van der Waals surface area (Å²) in [4.78, 5) is 28.2. The normalized spacial score (nSPS) is 14.5. The van der Waals surface area contributed by atoms with Crippen LogP contribution < -0.4 is 14.8 Å². The van der Waals surface area contributed by atoms with E-state index in [0.717, 1.165) is 65.5 Å². The Morgan fingerprint density at radius 3 is 2.58 bits per heavy atom. The summed E-state index contributed by atoms with van der Waals surface area (Å²) in [7, 11) is 2.14. The number of nitrogens with zero attached hydrogens (tertiary/aromatic N) is 6. The fraction of sp³-hybridized carbons (Fsp3) is 0.400. The number of likely N-dealkylation sites (N-methyl/N-ethyl adjacent to an activating group) is 1. The molecule has 3 aromatic heterocycles. The Kier molecular flexibility index (Phi) is 11.9. The zero-order valence-electron chi connectivity index (χ0n) is 31.1. The topological polar surface area (TPSA) is 118 Å². The van der Waals surface area contributed by atoms with Crippen LogP contribution in [0.1, 0.15) is 49.4 Å². The van der Waals surface area contributed by atoms with Crippen LogP contribution in [-0.2, 0) is 23.4 Å². The molecule has 1 fully saturated rings. The molecule has 1 aliphatic heterocycles. The van der Waals surface area contributed by atoms with E-state index in [2.05, 4.69) is 69.8 Å². The number of hydrogen-bond acceptors (Lipinski definition) is 10. The number of halogens is 1. The third-order valence-corrected chi connectivity index (χ3v) is 10.8. The predicted octanol–water partition coefficient (Wildman–Crippen LogP) is 6.96. The van der Waals surface area contributed by atoms with Crippen molar-refractivity contribution in [3.8, 4) is 34.5 Å². The van der Waals surface area contributed by atoms with Crippen LogP contribution in [0.15, 0.2) is 55.0 Å². The van der Waals surface area contributed by atoms with Gasteiger partial charge in [0.15, 0.2) is 0 Å². The van der Waals surface area contributed by atoms with Gasteiger partial charge in [0.05, 0.1) is 26.5 Å². The maximum Gasteiger partial charge on any atom is 0.326 e. The minimum atomic E-state index is -1.04. The molecule has 0 saturated carbocycles. The summed E-state index contributed by atoms with van der Waals surface area (Å²) in [6.45, 7) is 15.8. The lowest BCUT2D eigenvalue weighted by Gasteiger charge is -2.32. The molecule has 4 heterocycles. The Bertz CT molecular complexity index is 2140. The van der Waals surface area contributed by atoms with Crippen molar-refractivity contribution in [1.82, 2.24) is 29.5 Å². The number of aromatic nitrogens is 4. The van der Waals surface area contributed by atoms with Crippen molar-refractivity contribution in [1.29, 1.82) is 0 Å². The Balaban J connectivity index is 1.27. The van der Waals surface area contributed by atoms with Gasteiger partial charge in [-0.2, -0.15) is 5.10 Å². The SMILES string of the molecule is CC#Cc1sc2ncnc(N[C@H](Cc3ccccc3OCc3ccnn3C(C)(C)C)C(=O)O)c2c1-c1ccc(OCCN2CCN(C)CC2)c(Cl)c1C. The van der Waals surface area contributed by atoms with Gasteiger partial charge in [-0.05, 0) is 76.6 Å². The lowest BCUT2D eigenvalue weighted by atomic mass is 9.97. The number of nitrogens with one attached hydrogen (secondary N) is 1. The zero-order chi connectivity index (χ0) is 37.7. The Morgan fingerprint density at radius 1 is 1.08 bits per heavy atom. The minimum Gasteiger partial charge on any atom is -0.491 e. The quantitative estimate of drug-likeness (QED) is 0.122. The number of aliphatic carboxylic acids is 1. The number of ether oxygens (including phenoxy) is 2. The van der Waals surface area contributed by atoms with Crippen molar-refractivity contribution >= 4 is 44.9 Å². The van der Waals surface area contributed by atoms with Gasteiger partial charge < -0.3 is 24.8 Å². The number of fused-ring (bicyclic) bond motifs is 1. The van der Waals surface area contributed by atoms with Crippen molar-refractivity contribution in [2.24, 2.45) is 0 Å². The van der Waals surface area contributed by atoms with E-state index in [0.29, 0.717) is 39.2 Å². The lowest BCUT2D eigenvalue weighted by molar-refractivity contribution is -0.137. The highest BCUT2D eigenvalue weighted by atomic mass is 35.5. The van der Waals surface area contributed by atoms with Crippen LogP contribution >= 0.6 is 22.9 Å². The zero-order valence-corrected chi connectivity index (χ0v) is 32.6. The molecule has 11 nitrogen and oxygen atoms in total. The molecule has 1 aliphatic rings. The predicted molar refractivity (Wildman–Crippen MR) is 211 cm³/mol. The fourth-order valence-electron chi connectivity index (χ4n) is 6.49. The Morgan fingerprint density at radius 2 is 1.85 bits per heavy atom. The first kappa shape index (κ1) is 38.1. The molecule has 1 saturated heterocycles. The summed E-state index contributed by atoms with van der Waals surface area (Å²) in [6.07, 6.45) is 3.34. The third kappa shape index (κ3) is 8.77. The second-order valence-electron chi connectivity index (χ2n) is 14.2. The molecule has 13 heteroatoms. The molecule has 0 radical (unpaired) electrons. The molecule has 5 aromatic rings. The van der Waals surface area contributed by atoms with Gasteiger partial charge >= 0.3 is 5.97 Å². The van der Waals surface area contributed by atoms with Gasteiger partial charge in [0.2, 0.25) is 0 Å². The van der Waals surface area contributed by atoms with Crippen LogP contribution in [0.25, 0.3) is 21.3 Å². The van der Waals surface area contributed by atoms with Crippen molar-refractivity contribution in [2.45, 2.75) is 59.2 Å². The second kappa shape index (κ2) is 16.6. The monoisotopic (exact) mass is 755 g/mol. The van der Waals surface area contributed by atoms with Gasteiger partial charge in [-0.25, -0.2) is 14.8 Å². The number of rotatable bonds is 13. The maximum atomic E-state index is 12.8. The van der Waals surface area contributed by atoms with E-state index in [1.165, 1.54) is 17.7 Å². The molecule has 0 bridgehead atoms. The van der Waals surface area contributed by atoms with Gasteiger partial charge in [-0.15, -0.1) is 17.3 Å². The van der Waals surface area contributed by atoms with Gasteiger partial charge in [0, 0.05) is 50.9 Å². The standard InChI is InChI=1S/C40H46ClN7O4S/c1-7-10-33-34(29-13-14-32(36(41)26(29)2)51-22-21-47-19-17-46(6)18-20-47)35-37(42-25-43-38(35)53-33)45-30(39(49)50)23-27-11-8-9-12-31(27)52-24-28-15-16-44-48(28)40(3,4)5/h8-9,11-16,25,30H,17-24H2,1-6H3,(H,49,50)(H,42,43,45)/t30-/m1/s1. The molecule has 6 rings (SSSR count). The van der Waals surface area contributed by atoms with Crippen LogP contribution in [0.3, 0.4) is 0 Å². The number of para-hydroxylation sites is 1. The van der Waals surface area contributed by atoms with Crippen LogP contribution in [0.4, 0.5) is 5.82 Å². The molecule has 278 valence electrons. The Hall–Kier alpha value is -4.67. The fourth-order valence-corrected chi connectivity index (χ4v) is 7.77. The first-order valence-corrected chi connectivity index (χ1v) is 18.9. The Labute approximate surface area is 319 Å². The molecule has 1 atom stereocenters. The van der Waals surface area contributed by atoms with E-state index < -0.39 is 12.0 Å². The summed E-state index contributed by atoms with van der Waals surface area (Å²) >= 11 is 8.41. The molecule has 0 aliphatic carbocycles. The third-order valence-electron chi connectivity index (χ3n) is 9.35. The average molecular weight is 756 g/mol. The van der Waals surface area contributed by atoms with Crippen LogP contribution in [-0.4, -0.2) is 93.0 Å². The summed E-state index contributed by atoms with van der Waals surface area (Å²) < 4.78 is 14.4. The van der Waals surface area contributed by atoms with E-state index >= 15 is 0 Å². The summed E-state index contributed by atoms with van der Waals surface area (Å²) in [5.74, 6) is 6.85. The van der Waals surface area contributed by atoms with E-state index in [1.807, 2.05) is 54.1 Å². The van der Waals surface area contributed by atoms with E-state index in [9.17, 15) is 9.90 Å². The largest absolute Gasteiger partial charge is 0.491 e. The van der Waals surface area contributed by atoms with Crippen LogP contribution in [0.2, 0.25) is 5.02 Å². The van der Waals surface area contributed by atoms with Crippen molar-refractivity contribution in [2.75, 3.05) is 51.7 Å². The van der Waals surface area contributed by atoms with Crippen molar-refractivity contribution < 1.29 is 19.4 Å². The molecule has 2 aromatic carbocycles. The smallest absolute Gasteiger partial charge is 0.326 e. The van der Waals surface area contributed by atoms with Gasteiger partial charge in [-0.1, -0.05) is 41.8 Å². The van der Waals surface area contributed by atoms with Gasteiger partial charge in [-0.3, -0.25) is 9.58 Å². The highest BCUT2D eigenvalue weighted by Crippen LogP contribution is 2.45. The molecule has 2 N–H and O–H groups in total. The number of carbonyl (C=O) groups is 1. The number of benzene rings is 2. The molecule has 0 unspecified atom stereocenters. The van der Waals surface area contributed by atoms with Gasteiger partial charge in [0.1, 0.15) is 47.7 Å². The highest BCUT2D eigenvalue weighted by Gasteiger charge is 2.26. The van der Waals surface area contributed by atoms with Crippen molar-refractivity contribution in [3.05, 3.63) is 81.7 Å². The number of thiophene rings is 1. The van der Waals surface area contributed by atoms with Crippen LogP contribution in [0.5, 0.6) is 11.5 Å². The van der Waals surface area contributed by atoms with E-state index in [4.69, 9.17) is 21.1 Å². The second-order valence-corrected chi connectivity index (χ2v) is 15.5. The number of hydrogen-bond donors (Lipinski definition) is 2. The number of carboxylic acid groups (broad SMARTS) is 1. The van der Waals surface area contributed by atoms with Gasteiger partial charge in [0.25, 0.3) is 0 Å². The number of anilines is 1. The lowest BCUT2D eigenvalue weighted by Crippen LogP contribution is -2.45. The molecule has 0 amide bonds. The van der Waals surface area contributed by atoms with E-state index in [-0.39, 0.29) is 18.6 Å². The average Bonchev–Trinajstić information content (AvgIpc) is 3.76. The molecule has 0 spiro atoms. The summed E-state index contributed by atoms with van der Waals surface area (Å²) in [5, 5.41) is 19.4. The summed E-state index contributed by atoms with van der Waals surface area (Å²) in [6, 6.07) is 12.3. The summed E-state index contributed by atoms with van der Waals surface area (Å²) in [5.41, 5.74) is 3.92. The first-order chi connectivity index (χ1) is 25.4. The number of carboxylic acids is 1. The van der Waals surface area contributed by atoms with Crippen molar-refractivity contribution in [3.63, 3.8) is 0 Å². The first-order valence-electron chi connectivity index (χ1n) is 17.7. The number of piperazine rings is 1. The maximum absolute atomic E-state index is 12.8. The molecule has 53 heavy (non-hydrogen) atoms. The molecular formula is C40H46ClN7O4S. The molecular weight excluding hydrogens is 710 g/mol. The van der Waals surface area contributed by atoms with Crippen LogP contribution in [0, 0.1) is 18.8 Å². The highest BCUT2D eigenvalue weighted by molar-refractivity contribution is 7.19. The van der Waals surface area contributed by atoms with E-state index in [1.54, 1.807) is 13.1 Å².